The van der Waals surface area contributed by atoms with Crippen molar-refractivity contribution in [3.05, 3.63) is 35.9 Å². The predicted octanol–water partition coefficient (Wildman–Crippen LogP) is 2.95. The van der Waals surface area contributed by atoms with Crippen molar-refractivity contribution in [2.75, 3.05) is 6.61 Å². The van der Waals surface area contributed by atoms with Gasteiger partial charge in [-0.05, 0) is 12.8 Å². The Labute approximate surface area is 107 Å². The average molecular weight is 246 g/mol. The quantitative estimate of drug-likeness (QED) is 0.769. The van der Waals surface area contributed by atoms with E-state index in [1.54, 1.807) is 0 Å². The van der Waals surface area contributed by atoms with Crippen molar-refractivity contribution in [2.24, 2.45) is 0 Å². The van der Waals surface area contributed by atoms with E-state index in [-0.39, 0.29) is 17.7 Å². The third-order valence-electron chi connectivity index (χ3n) is 3.80. The van der Waals surface area contributed by atoms with Gasteiger partial charge in [-0.15, -0.1) is 0 Å². The van der Waals surface area contributed by atoms with Crippen molar-refractivity contribution in [3.8, 4) is 0 Å². The molecule has 2 heterocycles. The van der Waals surface area contributed by atoms with Crippen LogP contribution in [0, 0.1) is 0 Å². The molecule has 96 valence electrons. The lowest BCUT2D eigenvalue weighted by Crippen LogP contribution is -2.28. The van der Waals surface area contributed by atoms with Crippen LogP contribution in [-0.2, 0) is 9.47 Å². The lowest BCUT2D eigenvalue weighted by atomic mass is 10.0. The highest BCUT2D eigenvalue weighted by atomic mass is 16.7. The highest BCUT2D eigenvalue weighted by Crippen LogP contribution is 2.40. The molecule has 2 aliphatic heterocycles. The highest BCUT2D eigenvalue weighted by molar-refractivity contribution is 5.96. The second-order valence-electron chi connectivity index (χ2n) is 5.13. The molecule has 1 aromatic carbocycles. The number of hydrogen-bond acceptors (Lipinski definition) is 3. The SMILES string of the molecule is O=C(C[C@@H]1CCC2(CCCO2)O1)c1ccccc1. The van der Waals surface area contributed by atoms with E-state index in [9.17, 15) is 4.79 Å². The van der Waals surface area contributed by atoms with Gasteiger partial charge >= 0.3 is 0 Å². The Morgan fingerprint density at radius 3 is 2.83 bits per heavy atom. The first kappa shape index (κ1) is 11.9. The summed E-state index contributed by atoms with van der Waals surface area (Å²) in [6.45, 7) is 0.791. The fourth-order valence-corrected chi connectivity index (χ4v) is 2.86. The maximum absolute atomic E-state index is 12.1. The molecule has 2 fully saturated rings. The van der Waals surface area contributed by atoms with Gasteiger partial charge in [0, 0.05) is 24.8 Å². The van der Waals surface area contributed by atoms with Gasteiger partial charge in [-0.2, -0.15) is 0 Å². The zero-order chi connectivity index (χ0) is 12.4. The van der Waals surface area contributed by atoms with E-state index in [1.807, 2.05) is 30.3 Å². The second-order valence-corrected chi connectivity index (χ2v) is 5.13. The third kappa shape index (κ3) is 2.33. The van der Waals surface area contributed by atoms with Crippen molar-refractivity contribution in [3.63, 3.8) is 0 Å². The molecule has 1 aromatic rings. The van der Waals surface area contributed by atoms with Gasteiger partial charge in [0.25, 0.3) is 0 Å². The van der Waals surface area contributed by atoms with E-state index in [2.05, 4.69) is 0 Å². The number of benzene rings is 1. The summed E-state index contributed by atoms with van der Waals surface area (Å²) in [6.07, 6.45) is 4.39. The fourth-order valence-electron chi connectivity index (χ4n) is 2.86. The number of carbonyl (C=O) groups excluding carboxylic acids is 1. The summed E-state index contributed by atoms with van der Waals surface area (Å²) < 4.78 is 11.6. The Kier molecular flexibility index (Phi) is 3.18. The molecular weight excluding hydrogens is 228 g/mol. The van der Waals surface area contributed by atoms with E-state index in [0.29, 0.717) is 6.42 Å². The van der Waals surface area contributed by atoms with Crippen LogP contribution in [0.15, 0.2) is 30.3 Å². The van der Waals surface area contributed by atoms with Gasteiger partial charge in [0.1, 0.15) is 0 Å². The fraction of sp³-hybridized carbons (Fsp3) is 0.533. The lowest BCUT2D eigenvalue weighted by Gasteiger charge is -2.22. The zero-order valence-corrected chi connectivity index (χ0v) is 10.4. The van der Waals surface area contributed by atoms with Crippen molar-refractivity contribution < 1.29 is 14.3 Å². The molecule has 0 radical (unpaired) electrons. The minimum atomic E-state index is -0.359. The van der Waals surface area contributed by atoms with Crippen LogP contribution in [0.1, 0.15) is 42.5 Å². The number of ether oxygens (including phenoxy) is 2. The minimum absolute atomic E-state index is 0.0239. The molecule has 2 saturated heterocycles. The van der Waals surface area contributed by atoms with E-state index < -0.39 is 0 Å². The lowest BCUT2D eigenvalue weighted by molar-refractivity contribution is -0.197. The summed E-state index contributed by atoms with van der Waals surface area (Å²) in [5.74, 6) is -0.197. The van der Waals surface area contributed by atoms with Gasteiger partial charge < -0.3 is 9.47 Å². The van der Waals surface area contributed by atoms with Crippen molar-refractivity contribution >= 4 is 5.78 Å². The first-order chi connectivity index (χ1) is 8.77. The summed E-state index contributed by atoms with van der Waals surface area (Å²) in [5, 5.41) is 0. The Bertz CT molecular complexity index is 421. The molecule has 0 bridgehead atoms. The molecule has 0 aromatic heterocycles. The van der Waals surface area contributed by atoms with Gasteiger partial charge in [0.05, 0.1) is 12.7 Å². The Morgan fingerprint density at radius 2 is 2.11 bits per heavy atom. The topological polar surface area (TPSA) is 35.5 Å². The predicted molar refractivity (Wildman–Crippen MR) is 67.4 cm³/mol. The van der Waals surface area contributed by atoms with E-state index in [1.165, 1.54) is 0 Å². The zero-order valence-electron chi connectivity index (χ0n) is 10.4. The molecule has 3 nitrogen and oxygen atoms in total. The minimum Gasteiger partial charge on any atom is -0.350 e. The molecular formula is C15H18O3. The summed E-state index contributed by atoms with van der Waals surface area (Å²) in [5.41, 5.74) is 0.773. The highest BCUT2D eigenvalue weighted by Gasteiger charge is 2.44. The number of carbonyl (C=O) groups is 1. The molecule has 0 aliphatic carbocycles. The van der Waals surface area contributed by atoms with Gasteiger partial charge in [0.2, 0.25) is 0 Å². The maximum Gasteiger partial charge on any atom is 0.168 e. The number of rotatable bonds is 3. The molecule has 18 heavy (non-hydrogen) atoms. The van der Waals surface area contributed by atoms with E-state index in [0.717, 1.165) is 37.9 Å². The number of Topliss-reactive ketones (excluding diaryl/α,β-unsaturated/α-hetero) is 1. The molecule has 3 rings (SSSR count). The van der Waals surface area contributed by atoms with Gasteiger partial charge in [0.15, 0.2) is 11.6 Å². The average Bonchev–Trinajstić information content (AvgIpc) is 3.02. The summed E-state index contributed by atoms with van der Waals surface area (Å²) in [6, 6.07) is 9.43. The molecule has 0 N–H and O–H groups in total. The summed E-state index contributed by atoms with van der Waals surface area (Å²) in [4.78, 5) is 12.1. The van der Waals surface area contributed by atoms with Crippen LogP contribution in [0.5, 0.6) is 0 Å². The maximum atomic E-state index is 12.1. The Morgan fingerprint density at radius 1 is 1.28 bits per heavy atom. The van der Waals surface area contributed by atoms with Crippen LogP contribution < -0.4 is 0 Å². The first-order valence-electron chi connectivity index (χ1n) is 6.67. The van der Waals surface area contributed by atoms with Gasteiger partial charge in [-0.3, -0.25) is 4.79 Å². The monoisotopic (exact) mass is 246 g/mol. The van der Waals surface area contributed by atoms with Crippen LogP contribution in [0.3, 0.4) is 0 Å². The molecule has 2 atom stereocenters. The molecule has 1 unspecified atom stereocenters. The van der Waals surface area contributed by atoms with E-state index >= 15 is 0 Å². The van der Waals surface area contributed by atoms with Crippen molar-refractivity contribution in [1.82, 2.24) is 0 Å². The van der Waals surface area contributed by atoms with Gasteiger partial charge in [-0.1, -0.05) is 30.3 Å². The standard InChI is InChI=1S/C15H18O3/c16-14(12-5-2-1-3-6-12)11-13-7-9-15(18-13)8-4-10-17-15/h1-3,5-6,13H,4,7-11H2/t13-,15?/m0/s1. The van der Waals surface area contributed by atoms with Crippen LogP contribution in [0.25, 0.3) is 0 Å². The Hall–Kier alpha value is -1.19. The Balaban J connectivity index is 1.60. The van der Waals surface area contributed by atoms with Crippen LogP contribution in [0.2, 0.25) is 0 Å². The molecule has 1 spiro atoms. The number of ketones is 1. The van der Waals surface area contributed by atoms with Crippen molar-refractivity contribution in [2.45, 2.75) is 44.0 Å². The van der Waals surface area contributed by atoms with Crippen LogP contribution >= 0.6 is 0 Å². The molecule has 0 saturated carbocycles. The van der Waals surface area contributed by atoms with Gasteiger partial charge in [-0.25, -0.2) is 0 Å². The number of hydrogen-bond donors (Lipinski definition) is 0. The first-order valence-corrected chi connectivity index (χ1v) is 6.67. The third-order valence-corrected chi connectivity index (χ3v) is 3.80. The summed E-state index contributed by atoms with van der Waals surface area (Å²) >= 11 is 0. The molecule has 2 aliphatic rings. The summed E-state index contributed by atoms with van der Waals surface area (Å²) in [7, 11) is 0. The normalized spacial score (nSPS) is 31.0. The second kappa shape index (κ2) is 4.82. The van der Waals surface area contributed by atoms with E-state index in [4.69, 9.17) is 9.47 Å². The van der Waals surface area contributed by atoms with Crippen molar-refractivity contribution in [1.29, 1.82) is 0 Å². The van der Waals surface area contributed by atoms with Crippen LogP contribution in [-0.4, -0.2) is 24.3 Å². The largest absolute Gasteiger partial charge is 0.350 e. The van der Waals surface area contributed by atoms with Crippen LogP contribution in [0.4, 0.5) is 0 Å². The smallest absolute Gasteiger partial charge is 0.168 e. The molecule has 3 heteroatoms. The molecule has 0 amide bonds.